The van der Waals surface area contributed by atoms with Gasteiger partial charge in [0.15, 0.2) is 12.1 Å². The molecule has 0 aliphatic heterocycles. The van der Waals surface area contributed by atoms with Crippen LogP contribution in [0.5, 0.6) is 0 Å². The lowest BCUT2D eigenvalue weighted by Gasteiger charge is -2.06. The molecule has 0 aromatic heterocycles. The largest absolute Gasteiger partial charge is 0.491 e. The average Bonchev–Trinajstić information content (AvgIpc) is 2.12. The Bertz CT molecular complexity index is 384. The first-order chi connectivity index (χ1) is 6.49. The minimum atomic E-state index is -2.09. The number of halogens is 3. The molecule has 7 heteroatoms. The van der Waals surface area contributed by atoms with Crippen molar-refractivity contribution in [2.75, 3.05) is 0 Å². The minimum absolute atomic E-state index is 0.0265. The Morgan fingerprint density at radius 3 is 2.36 bits per heavy atom. The molecule has 0 unspecified atom stereocenters. The van der Waals surface area contributed by atoms with Crippen molar-refractivity contribution in [2.45, 2.75) is 0 Å². The molecule has 14 heavy (non-hydrogen) atoms. The van der Waals surface area contributed by atoms with Gasteiger partial charge in [0.2, 0.25) is 0 Å². The summed E-state index contributed by atoms with van der Waals surface area (Å²) in [4.78, 5) is 10.3. The zero-order valence-corrected chi connectivity index (χ0v) is 8.25. The van der Waals surface area contributed by atoms with Gasteiger partial charge in [0.05, 0.1) is 10.0 Å². The molecule has 0 aliphatic rings. The first kappa shape index (κ1) is 11.3. The molecular formula is C7H4BBrF2O3. The maximum atomic E-state index is 13.2. The first-order valence-corrected chi connectivity index (χ1v) is 4.27. The number of aldehydes is 1. The summed E-state index contributed by atoms with van der Waals surface area (Å²) < 4.78 is 26.0. The molecular weight excluding hydrogens is 261 g/mol. The fraction of sp³-hybridized carbons (Fsp3) is 0. The highest BCUT2D eigenvalue weighted by molar-refractivity contribution is 9.10. The zero-order valence-electron chi connectivity index (χ0n) is 6.67. The van der Waals surface area contributed by atoms with Crippen molar-refractivity contribution < 1.29 is 23.6 Å². The third-order valence-corrected chi connectivity index (χ3v) is 2.19. The lowest BCUT2D eigenvalue weighted by molar-refractivity contribution is 0.111. The molecule has 0 heterocycles. The van der Waals surface area contributed by atoms with Crippen molar-refractivity contribution in [3.63, 3.8) is 0 Å². The first-order valence-electron chi connectivity index (χ1n) is 3.47. The number of carbonyl (C=O) groups is 1. The van der Waals surface area contributed by atoms with Crippen LogP contribution in [0.1, 0.15) is 10.4 Å². The second-order valence-electron chi connectivity index (χ2n) is 2.48. The lowest BCUT2D eigenvalue weighted by atomic mass is 9.79. The summed E-state index contributed by atoms with van der Waals surface area (Å²) in [6.07, 6.45) is -0.0265. The quantitative estimate of drug-likeness (QED) is 0.457. The van der Waals surface area contributed by atoms with Crippen LogP contribution in [0.2, 0.25) is 0 Å². The SMILES string of the molecule is O=Cc1c(F)c(Br)cc(B(O)O)c1F. The van der Waals surface area contributed by atoms with Crippen molar-refractivity contribution in [2.24, 2.45) is 0 Å². The fourth-order valence-corrected chi connectivity index (χ4v) is 1.40. The van der Waals surface area contributed by atoms with E-state index >= 15 is 0 Å². The van der Waals surface area contributed by atoms with E-state index < -0.39 is 29.8 Å². The van der Waals surface area contributed by atoms with Crippen LogP contribution in [0.15, 0.2) is 10.5 Å². The Morgan fingerprint density at radius 2 is 1.93 bits per heavy atom. The molecule has 1 aromatic rings. The van der Waals surface area contributed by atoms with Gasteiger partial charge in [-0.25, -0.2) is 8.78 Å². The van der Waals surface area contributed by atoms with Crippen molar-refractivity contribution in [3.05, 3.63) is 27.7 Å². The predicted octanol–water partition coefficient (Wildman–Crippen LogP) is 0.220. The van der Waals surface area contributed by atoms with E-state index in [0.717, 1.165) is 6.07 Å². The Morgan fingerprint density at radius 1 is 1.36 bits per heavy atom. The second kappa shape index (κ2) is 4.16. The summed E-state index contributed by atoms with van der Waals surface area (Å²) in [5.74, 6) is -2.34. The van der Waals surface area contributed by atoms with E-state index in [-0.39, 0.29) is 10.8 Å². The van der Waals surface area contributed by atoms with Crippen molar-refractivity contribution in [3.8, 4) is 0 Å². The van der Waals surface area contributed by atoms with Crippen LogP contribution in [-0.4, -0.2) is 23.5 Å². The summed E-state index contributed by atoms with van der Waals surface area (Å²) in [6, 6.07) is 0.863. The molecule has 0 bridgehead atoms. The molecule has 0 fully saturated rings. The number of rotatable bonds is 2. The summed E-state index contributed by atoms with van der Waals surface area (Å²) in [5.41, 5.74) is -1.39. The van der Waals surface area contributed by atoms with Gasteiger partial charge >= 0.3 is 7.12 Å². The van der Waals surface area contributed by atoms with Crippen LogP contribution in [0.4, 0.5) is 8.78 Å². The normalized spacial score (nSPS) is 10.1. The summed E-state index contributed by atoms with van der Waals surface area (Å²) in [7, 11) is -2.09. The van der Waals surface area contributed by atoms with E-state index in [9.17, 15) is 13.6 Å². The molecule has 0 saturated carbocycles. The van der Waals surface area contributed by atoms with Crippen LogP contribution in [0, 0.1) is 11.6 Å². The van der Waals surface area contributed by atoms with Gasteiger partial charge in [0.1, 0.15) is 5.82 Å². The molecule has 3 nitrogen and oxygen atoms in total. The third kappa shape index (κ3) is 1.84. The highest BCUT2D eigenvalue weighted by Crippen LogP contribution is 2.19. The van der Waals surface area contributed by atoms with Crippen molar-refractivity contribution in [1.29, 1.82) is 0 Å². The smallest absolute Gasteiger partial charge is 0.423 e. The van der Waals surface area contributed by atoms with Gasteiger partial charge in [-0.1, -0.05) is 0 Å². The van der Waals surface area contributed by atoms with E-state index in [1.807, 2.05) is 0 Å². The van der Waals surface area contributed by atoms with E-state index in [4.69, 9.17) is 10.0 Å². The molecule has 74 valence electrons. The van der Waals surface area contributed by atoms with E-state index in [2.05, 4.69) is 15.9 Å². The van der Waals surface area contributed by atoms with Gasteiger partial charge in [-0.15, -0.1) is 0 Å². The van der Waals surface area contributed by atoms with Gasteiger partial charge < -0.3 is 10.0 Å². The Hall–Kier alpha value is -0.785. The summed E-state index contributed by atoms with van der Waals surface area (Å²) in [6.45, 7) is 0. The Labute approximate surface area is 86.6 Å². The minimum Gasteiger partial charge on any atom is -0.423 e. The van der Waals surface area contributed by atoms with Crippen molar-refractivity contribution >= 4 is 34.8 Å². The highest BCUT2D eigenvalue weighted by Gasteiger charge is 2.23. The second-order valence-corrected chi connectivity index (χ2v) is 3.34. The maximum absolute atomic E-state index is 13.2. The van der Waals surface area contributed by atoms with Crippen LogP contribution in [0.3, 0.4) is 0 Å². The van der Waals surface area contributed by atoms with Crippen LogP contribution in [-0.2, 0) is 0 Å². The van der Waals surface area contributed by atoms with Crippen molar-refractivity contribution in [1.82, 2.24) is 0 Å². The molecule has 0 radical (unpaired) electrons. The van der Waals surface area contributed by atoms with E-state index in [1.54, 1.807) is 0 Å². The van der Waals surface area contributed by atoms with Gasteiger partial charge in [0.25, 0.3) is 0 Å². The third-order valence-electron chi connectivity index (χ3n) is 1.61. The molecule has 1 rings (SSSR count). The molecule has 0 atom stereocenters. The topological polar surface area (TPSA) is 57.5 Å². The number of carbonyl (C=O) groups excluding carboxylic acids is 1. The van der Waals surface area contributed by atoms with Crippen LogP contribution in [0.25, 0.3) is 0 Å². The highest BCUT2D eigenvalue weighted by atomic mass is 79.9. The zero-order chi connectivity index (χ0) is 10.9. The Kier molecular flexibility index (Phi) is 3.36. The number of hydrogen-bond acceptors (Lipinski definition) is 3. The van der Waals surface area contributed by atoms with Gasteiger partial charge in [-0.3, -0.25) is 4.79 Å². The molecule has 0 saturated heterocycles. The lowest BCUT2D eigenvalue weighted by Crippen LogP contribution is -2.34. The molecule has 0 spiro atoms. The monoisotopic (exact) mass is 264 g/mol. The van der Waals surface area contributed by atoms with Crippen LogP contribution < -0.4 is 5.46 Å². The van der Waals surface area contributed by atoms with Gasteiger partial charge in [-0.05, 0) is 22.0 Å². The fourth-order valence-electron chi connectivity index (χ4n) is 0.935. The molecule has 1 aromatic carbocycles. The van der Waals surface area contributed by atoms with Crippen LogP contribution >= 0.6 is 15.9 Å². The van der Waals surface area contributed by atoms with E-state index in [0.29, 0.717) is 0 Å². The maximum Gasteiger partial charge on any atom is 0.491 e. The molecule has 2 N–H and O–H groups in total. The summed E-state index contributed by atoms with van der Waals surface area (Å²) >= 11 is 2.72. The average molecular weight is 265 g/mol. The standard InChI is InChI=1S/C7H4BBrF2O3/c9-5-1-4(8(13)14)6(10)3(2-12)7(5)11/h1-2,13-14H. The molecule has 0 amide bonds. The molecule has 0 aliphatic carbocycles. The van der Waals surface area contributed by atoms with Gasteiger partial charge in [0, 0.05) is 5.46 Å². The number of hydrogen-bond donors (Lipinski definition) is 2. The Balaban J connectivity index is 3.50. The van der Waals surface area contributed by atoms with Gasteiger partial charge in [-0.2, -0.15) is 0 Å². The summed E-state index contributed by atoms with van der Waals surface area (Å²) in [5, 5.41) is 17.4. The number of benzene rings is 1. The predicted molar refractivity (Wildman–Crippen MR) is 49.3 cm³/mol. The van der Waals surface area contributed by atoms with E-state index in [1.165, 1.54) is 0 Å².